The highest BCUT2D eigenvalue weighted by Gasteiger charge is 1.97. The van der Waals surface area contributed by atoms with Gasteiger partial charge in [-0.05, 0) is 23.8 Å². The van der Waals surface area contributed by atoms with Crippen molar-refractivity contribution in [1.82, 2.24) is 14.5 Å². The van der Waals surface area contributed by atoms with Crippen molar-refractivity contribution in [1.29, 1.82) is 0 Å². The second kappa shape index (κ2) is 3.77. The summed E-state index contributed by atoms with van der Waals surface area (Å²) in [6.07, 6.45) is 7.40. The summed E-state index contributed by atoms with van der Waals surface area (Å²) in [6, 6.07) is 10.4. The summed E-state index contributed by atoms with van der Waals surface area (Å²) in [5, 5.41) is 1.18. The summed E-state index contributed by atoms with van der Waals surface area (Å²) in [4.78, 5) is 8.33. The van der Waals surface area contributed by atoms with Gasteiger partial charge in [-0.3, -0.25) is 4.98 Å². The Morgan fingerprint density at radius 1 is 1.12 bits per heavy atom. The molecule has 0 spiro atoms. The van der Waals surface area contributed by atoms with Crippen molar-refractivity contribution in [3.8, 4) is 0 Å². The minimum atomic E-state index is 0.852. The first-order chi connectivity index (χ1) is 7.92. The van der Waals surface area contributed by atoms with Crippen molar-refractivity contribution in [3.63, 3.8) is 0 Å². The molecule has 0 amide bonds. The predicted molar refractivity (Wildman–Crippen MR) is 63.1 cm³/mol. The molecule has 0 fully saturated rings. The fourth-order valence-electron chi connectivity index (χ4n) is 1.81. The third-order valence-corrected chi connectivity index (χ3v) is 2.59. The predicted octanol–water partition coefficient (Wildman–Crippen LogP) is 2.48. The normalized spacial score (nSPS) is 10.8. The van der Waals surface area contributed by atoms with Gasteiger partial charge in [0.1, 0.15) is 0 Å². The fraction of sp³-hybridized carbons (Fsp3) is 0.0769. The number of benzene rings is 1. The minimum Gasteiger partial charge on any atom is -0.333 e. The number of imidazole rings is 1. The first kappa shape index (κ1) is 9.09. The van der Waals surface area contributed by atoms with E-state index in [-0.39, 0.29) is 0 Å². The molecule has 0 unspecified atom stereocenters. The van der Waals surface area contributed by atoms with Crippen LogP contribution < -0.4 is 0 Å². The van der Waals surface area contributed by atoms with E-state index in [1.54, 1.807) is 6.20 Å². The molecule has 1 aromatic carbocycles. The Morgan fingerprint density at radius 3 is 3.00 bits per heavy atom. The molecule has 0 aliphatic rings. The van der Waals surface area contributed by atoms with Crippen molar-refractivity contribution >= 4 is 10.9 Å². The first-order valence-corrected chi connectivity index (χ1v) is 5.21. The number of hydrogen-bond acceptors (Lipinski definition) is 2. The number of fused-ring (bicyclic) bond motifs is 1. The Hall–Kier alpha value is -2.16. The molecule has 2 aromatic heterocycles. The van der Waals surface area contributed by atoms with Crippen molar-refractivity contribution < 1.29 is 0 Å². The zero-order valence-electron chi connectivity index (χ0n) is 8.74. The number of rotatable bonds is 2. The Bertz CT molecular complexity index is 599. The van der Waals surface area contributed by atoms with Gasteiger partial charge >= 0.3 is 0 Å². The number of nitrogens with zero attached hydrogens (tertiary/aromatic N) is 3. The molecular formula is C13H11N3. The van der Waals surface area contributed by atoms with Crippen LogP contribution in [0.15, 0.2) is 55.2 Å². The summed E-state index contributed by atoms with van der Waals surface area (Å²) in [5.74, 6) is 0. The van der Waals surface area contributed by atoms with Gasteiger partial charge in [-0.1, -0.05) is 12.1 Å². The summed E-state index contributed by atoms with van der Waals surface area (Å²) >= 11 is 0. The van der Waals surface area contributed by atoms with E-state index < -0.39 is 0 Å². The van der Waals surface area contributed by atoms with E-state index in [9.17, 15) is 0 Å². The van der Waals surface area contributed by atoms with Crippen LogP contribution >= 0.6 is 0 Å². The Balaban J connectivity index is 1.99. The monoisotopic (exact) mass is 209 g/mol. The average Bonchev–Trinajstić information content (AvgIpc) is 2.82. The van der Waals surface area contributed by atoms with Crippen molar-refractivity contribution in [3.05, 3.63) is 60.8 Å². The lowest BCUT2D eigenvalue weighted by atomic mass is 10.1. The molecule has 0 bridgehead atoms. The first-order valence-electron chi connectivity index (χ1n) is 5.21. The minimum absolute atomic E-state index is 0.852. The van der Waals surface area contributed by atoms with E-state index in [4.69, 9.17) is 0 Å². The maximum atomic E-state index is 4.30. The van der Waals surface area contributed by atoms with Gasteiger partial charge in [0, 0.05) is 30.5 Å². The zero-order chi connectivity index (χ0) is 10.8. The molecule has 0 atom stereocenters. The van der Waals surface area contributed by atoms with Gasteiger partial charge in [0.2, 0.25) is 0 Å². The van der Waals surface area contributed by atoms with Gasteiger partial charge < -0.3 is 4.57 Å². The molecule has 78 valence electrons. The lowest BCUT2D eigenvalue weighted by molar-refractivity contribution is 0.798. The van der Waals surface area contributed by atoms with Gasteiger partial charge in [-0.25, -0.2) is 4.98 Å². The summed E-state index contributed by atoms with van der Waals surface area (Å²) in [7, 11) is 0. The van der Waals surface area contributed by atoms with Crippen molar-refractivity contribution in [2.45, 2.75) is 6.54 Å². The van der Waals surface area contributed by atoms with Gasteiger partial charge in [0.15, 0.2) is 0 Å². The molecule has 3 heteroatoms. The second-order valence-corrected chi connectivity index (χ2v) is 3.77. The van der Waals surface area contributed by atoms with E-state index in [0.717, 1.165) is 12.1 Å². The van der Waals surface area contributed by atoms with Crippen molar-refractivity contribution in [2.75, 3.05) is 0 Å². The maximum absolute atomic E-state index is 4.30. The lowest BCUT2D eigenvalue weighted by Crippen LogP contribution is -1.96. The highest BCUT2D eigenvalue weighted by molar-refractivity contribution is 5.78. The van der Waals surface area contributed by atoms with Crippen LogP contribution in [-0.2, 0) is 6.54 Å². The molecule has 0 saturated carbocycles. The van der Waals surface area contributed by atoms with E-state index in [1.807, 2.05) is 24.8 Å². The summed E-state index contributed by atoms with van der Waals surface area (Å²) in [6.45, 7) is 0.852. The molecule has 0 N–H and O–H groups in total. The third kappa shape index (κ3) is 1.67. The van der Waals surface area contributed by atoms with Crippen LogP contribution in [0.1, 0.15) is 5.56 Å². The van der Waals surface area contributed by atoms with Crippen LogP contribution in [-0.4, -0.2) is 14.5 Å². The average molecular weight is 209 g/mol. The fourth-order valence-corrected chi connectivity index (χ4v) is 1.81. The van der Waals surface area contributed by atoms with E-state index in [0.29, 0.717) is 0 Å². The van der Waals surface area contributed by atoms with Gasteiger partial charge in [-0.15, -0.1) is 0 Å². The number of aromatic nitrogens is 3. The number of pyridine rings is 1. The van der Waals surface area contributed by atoms with E-state index in [1.165, 1.54) is 10.9 Å². The molecule has 0 aliphatic heterocycles. The highest BCUT2D eigenvalue weighted by Crippen LogP contribution is 2.14. The molecule has 3 rings (SSSR count). The summed E-state index contributed by atoms with van der Waals surface area (Å²) < 4.78 is 2.05. The molecule has 0 radical (unpaired) electrons. The van der Waals surface area contributed by atoms with Crippen LogP contribution in [0.5, 0.6) is 0 Å². The second-order valence-electron chi connectivity index (χ2n) is 3.77. The smallest absolute Gasteiger partial charge is 0.0949 e. The van der Waals surface area contributed by atoms with Crippen LogP contribution in [0.25, 0.3) is 10.9 Å². The maximum Gasteiger partial charge on any atom is 0.0949 e. The topological polar surface area (TPSA) is 30.7 Å². The van der Waals surface area contributed by atoms with Crippen LogP contribution in [0, 0.1) is 0 Å². The summed E-state index contributed by atoms with van der Waals surface area (Å²) in [5.41, 5.74) is 2.30. The van der Waals surface area contributed by atoms with E-state index >= 15 is 0 Å². The van der Waals surface area contributed by atoms with Crippen molar-refractivity contribution in [2.24, 2.45) is 0 Å². The molecular weight excluding hydrogens is 198 g/mol. The standard InChI is InChI=1S/C13H11N3/c1-2-12-8-11(3-4-13(12)15-5-1)9-16-7-6-14-10-16/h1-8,10H,9H2. The Kier molecular flexibility index (Phi) is 2.14. The molecule has 2 heterocycles. The van der Waals surface area contributed by atoms with Crippen LogP contribution in [0.4, 0.5) is 0 Å². The number of hydrogen-bond donors (Lipinski definition) is 0. The highest BCUT2D eigenvalue weighted by atomic mass is 15.0. The molecule has 3 aromatic rings. The molecule has 16 heavy (non-hydrogen) atoms. The van der Waals surface area contributed by atoms with Gasteiger partial charge in [0.25, 0.3) is 0 Å². The zero-order valence-corrected chi connectivity index (χ0v) is 8.74. The Morgan fingerprint density at radius 2 is 2.12 bits per heavy atom. The quantitative estimate of drug-likeness (QED) is 0.649. The Labute approximate surface area is 93.4 Å². The SMILES string of the molecule is c1cnc2ccc(Cn3ccnc3)cc2c1. The van der Waals surface area contributed by atoms with Gasteiger partial charge in [-0.2, -0.15) is 0 Å². The molecule has 0 saturated heterocycles. The largest absolute Gasteiger partial charge is 0.333 e. The van der Waals surface area contributed by atoms with E-state index in [2.05, 4.69) is 38.8 Å². The third-order valence-electron chi connectivity index (χ3n) is 2.59. The van der Waals surface area contributed by atoms with Crippen LogP contribution in [0.3, 0.4) is 0 Å². The van der Waals surface area contributed by atoms with Gasteiger partial charge in [0.05, 0.1) is 11.8 Å². The lowest BCUT2D eigenvalue weighted by Gasteiger charge is -2.03. The molecule has 3 nitrogen and oxygen atoms in total. The van der Waals surface area contributed by atoms with Crippen LogP contribution in [0.2, 0.25) is 0 Å². The molecule has 0 aliphatic carbocycles.